The molecule has 1 aromatic carbocycles. The molecule has 2 nitrogen and oxygen atoms in total. The van der Waals surface area contributed by atoms with Crippen LogP contribution in [0.5, 0.6) is 5.75 Å². The van der Waals surface area contributed by atoms with Gasteiger partial charge in [-0.25, -0.2) is 0 Å². The lowest BCUT2D eigenvalue weighted by molar-refractivity contribution is 0.467. The number of fused-ring (bicyclic) bond motifs is 1. The Hall–Kier alpha value is -0.550. The molecule has 2 rings (SSSR count). The average Bonchev–Trinajstić information content (AvgIpc) is 2.10. The Labute approximate surface area is 98.2 Å². The van der Waals surface area contributed by atoms with Crippen LogP contribution >= 0.6 is 22.6 Å². The smallest absolute Gasteiger partial charge is 0.132 e. The molecule has 1 aliphatic carbocycles. The Morgan fingerprint density at radius 3 is 2.29 bits per heavy atom. The minimum atomic E-state index is 0.425. The largest absolute Gasteiger partial charge is 0.507 e. The summed E-state index contributed by atoms with van der Waals surface area (Å²) < 4.78 is 0.934. The third kappa shape index (κ3) is 2.09. The summed E-state index contributed by atoms with van der Waals surface area (Å²) in [6, 6.07) is 2.00. The zero-order chi connectivity index (χ0) is 10.7. The monoisotopic (exact) mass is 303 g/mol. The molecule has 1 aromatic rings. The number of phenols is 1. The summed E-state index contributed by atoms with van der Waals surface area (Å²) >= 11 is 2.14. The predicted octanol–water partition coefficient (Wildman–Crippen LogP) is 2.62. The number of halogens is 1. The molecule has 0 bridgehead atoms. The molecule has 0 aliphatic heterocycles. The molecule has 76 valence electrons. The summed E-state index contributed by atoms with van der Waals surface area (Å²) in [7, 11) is 3.75. The van der Waals surface area contributed by atoms with Gasteiger partial charge in [0.2, 0.25) is 0 Å². The van der Waals surface area contributed by atoms with E-state index in [1.807, 2.05) is 33.2 Å². The lowest BCUT2D eigenvalue weighted by atomic mass is 9.93. The van der Waals surface area contributed by atoms with Gasteiger partial charge in [0.25, 0.3) is 0 Å². The molecule has 0 amide bonds. The topological polar surface area (TPSA) is 32.3 Å². The van der Waals surface area contributed by atoms with Crippen LogP contribution in [0, 0.1) is 10.5 Å². The maximum atomic E-state index is 9.50. The molecule has 0 saturated carbocycles. The fraction of sp³-hybridized carbons (Fsp3) is 0.273. The minimum Gasteiger partial charge on any atom is -0.507 e. The van der Waals surface area contributed by atoms with E-state index in [0.29, 0.717) is 5.75 Å². The molecule has 0 radical (unpaired) electrons. The molecule has 0 fully saturated rings. The number of nitrogens with one attached hydrogen (secondary N) is 1. The van der Waals surface area contributed by atoms with Gasteiger partial charge in [0.1, 0.15) is 5.75 Å². The van der Waals surface area contributed by atoms with E-state index in [-0.39, 0.29) is 0 Å². The third-order valence-electron chi connectivity index (χ3n) is 2.01. The summed E-state index contributed by atoms with van der Waals surface area (Å²) in [6.07, 6.45) is 4.09. The number of aromatic hydroxyl groups is 1. The van der Waals surface area contributed by atoms with Gasteiger partial charge < -0.3 is 10.4 Å². The molecule has 2 N–H and O–H groups in total. The van der Waals surface area contributed by atoms with Gasteiger partial charge in [-0.2, -0.15) is 0 Å². The van der Waals surface area contributed by atoms with Crippen molar-refractivity contribution in [2.75, 3.05) is 14.1 Å². The van der Waals surface area contributed by atoms with Crippen LogP contribution in [-0.4, -0.2) is 19.2 Å². The summed E-state index contributed by atoms with van der Waals surface area (Å²) in [4.78, 5) is 0. The van der Waals surface area contributed by atoms with Crippen LogP contribution in [0.2, 0.25) is 0 Å². The number of phenolic OH excluding ortho intramolecular Hbond substituents is 1. The Morgan fingerprint density at radius 1 is 1.29 bits per heavy atom. The first-order chi connectivity index (χ1) is 6.61. The van der Waals surface area contributed by atoms with Crippen molar-refractivity contribution in [1.29, 1.82) is 0 Å². The van der Waals surface area contributed by atoms with Crippen molar-refractivity contribution in [3.8, 4) is 5.75 Å². The van der Waals surface area contributed by atoms with Crippen LogP contribution in [0.15, 0.2) is 6.07 Å². The van der Waals surface area contributed by atoms with E-state index in [9.17, 15) is 5.11 Å². The first-order valence-corrected chi connectivity index (χ1v) is 5.48. The highest BCUT2D eigenvalue weighted by Crippen LogP contribution is 2.35. The van der Waals surface area contributed by atoms with E-state index in [2.05, 4.69) is 34.0 Å². The Morgan fingerprint density at radius 2 is 1.86 bits per heavy atom. The fourth-order valence-electron chi connectivity index (χ4n) is 1.24. The molecule has 0 atom stereocenters. The van der Waals surface area contributed by atoms with Crippen LogP contribution in [0.25, 0.3) is 12.2 Å². The second kappa shape index (κ2) is 4.79. The lowest BCUT2D eigenvalue weighted by Gasteiger charge is -2.15. The maximum Gasteiger partial charge on any atom is 0.132 e. The van der Waals surface area contributed by atoms with Crippen LogP contribution < -0.4 is 5.32 Å². The van der Waals surface area contributed by atoms with Crippen LogP contribution in [0.1, 0.15) is 16.7 Å². The predicted molar refractivity (Wildman–Crippen MR) is 69.5 cm³/mol. The molecule has 0 aromatic heterocycles. The van der Waals surface area contributed by atoms with Gasteiger partial charge in [-0.15, -0.1) is 0 Å². The quantitative estimate of drug-likeness (QED) is 0.733. The Kier molecular flexibility index (Phi) is 3.95. The van der Waals surface area contributed by atoms with Crippen LogP contribution in [0.3, 0.4) is 0 Å². The van der Waals surface area contributed by atoms with Gasteiger partial charge in [-0.3, -0.25) is 0 Å². The summed E-state index contributed by atoms with van der Waals surface area (Å²) in [6.45, 7) is 1.94. The highest BCUT2D eigenvalue weighted by Gasteiger charge is 2.13. The lowest BCUT2D eigenvalue weighted by Crippen LogP contribution is -1.95. The van der Waals surface area contributed by atoms with E-state index in [4.69, 9.17) is 0 Å². The van der Waals surface area contributed by atoms with Gasteiger partial charge in [-0.1, -0.05) is 12.2 Å². The number of hydrogen-bond acceptors (Lipinski definition) is 2. The summed E-state index contributed by atoms with van der Waals surface area (Å²) in [5.74, 6) is 0.425. The van der Waals surface area contributed by atoms with Gasteiger partial charge in [0, 0.05) is 0 Å². The molecule has 1 aliphatic rings. The van der Waals surface area contributed by atoms with Gasteiger partial charge in [0.05, 0.1) is 3.57 Å². The Balaban J connectivity index is 0.000000293. The molecular formula is C11H14INO. The Bertz CT molecular complexity index is 372. The number of benzene rings is 1. The number of hydrogen-bond donors (Lipinski definition) is 2. The fourth-order valence-corrected chi connectivity index (χ4v) is 1.98. The van der Waals surface area contributed by atoms with Gasteiger partial charge in [-0.05, 0) is 66.4 Å². The molecule has 3 heteroatoms. The van der Waals surface area contributed by atoms with Crippen molar-refractivity contribution >= 4 is 34.7 Å². The van der Waals surface area contributed by atoms with Crippen LogP contribution in [-0.2, 0) is 0 Å². The number of rotatable bonds is 0. The van der Waals surface area contributed by atoms with Gasteiger partial charge >= 0.3 is 0 Å². The molecule has 0 unspecified atom stereocenters. The SMILES string of the molecule is CNC.Cc1c(O)c(I)cc2c1C=C2. The van der Waals surface area contributed by atoms with Crippen molar-refractivity contribution in [2.45, 2.75) is 6.92 Å². The van der Waals surface area contributed by atoms with E-state index in [0.717, 1.165) is 9.13 Å². The van der Waals surface area contributed by atoms with Crippen LogP contribution in [0.4, 0.5) is 0 Å². The first kappa shape index (κ1) is 11.5. The highest BCUT2D eigenvalue weighted by atomic mass is 127. The molecule has 14 heavy (non-hydrogen) atoms. The second-order valence-electron chi connectivity index (χ2n) is 3.17. The average molecular weight is 303 g/mol. The molecule has 0 heterocycles. The summed E-state index contributed by atoms with van der Waals surface area (Å²) in [5, 5.41) is 12.3. The summed E-state index contributed by atoms with van der Waals surface area (Å²) in [5.41, 5.74) is 3.42. The second-order valence-corrected chi connectivity index (χ2v) is 4.33. The maximum absolute atomic E-state index is 9.50. The van der Waals surface area contributed by atoms with Crippen molar-refractivity contribution in [3.63, 3.8) is 0 Å². The van der Waals surface area contributed by atoms with Crippen molar-refractivity contribution in [1.82, 2.24) is 5.32 Å². The third-order valence-corrected chi connectivity index (χ3v) is 2.83. The normalized spacial score (nSPS) is 11.1. The zero-order valence-corrected chi connectivity index (χ0v) is 10.7. The van der Waals surface area contributed by atoms with E-state index < -0.39 is 0 Å². The zero-order valence-electron chi connectivity index (χ0n) is 8.56. The van der Waals surface area contributed by atoms with E-state index in [1.165, 1.54) is 11.1 Å². The molecule has 0 saturated heterocycles. The molecular weight excluding hydrogens is 289 g/mol. The van der Waals surface area contributed by atoms with E-state index in [1.54, 1.807) is 0 Å². The van der Waals surface area contributed by atoms with Crippen molar-refractivity contribution < 1.29 is 5.11 Å². The van der Waals surface area contributed by atoms with Crippen molar-refractivity contribution in [3.05, 3.63) is 26.3 Å². The highest BCUT2D eigenvalue weighted by molar-refractivity contribution is 14.1. The van der Waals surface area contributed by atoms with Gasteiger partial charge in [0.15, 0.2) is 0 Å². The first-order valence-electron chi connectivity index (χ1n) is 4.40. The van der Waals surface area contributed by atoms with E-state index >= 15 is 0 Å². The standard InChI is InChI=1S/C9H7IO.C2H7N/c1-5-7-3-2-6(7)4-8(10)9(5)11;1-3-2/h2-4,11H,1H3;3H,1-2H3. The minimum absolute atomic E-state index is 0.425. The molecule has 0 spiro atoms. The van der Waals surface area contributed by atoms with Crippen molar-refractivity contribution in [2.24, 2.45) is 0 Å².